The Labute approximate surface area is 206 Å². The third-order valence-electron chi connectivity index (χ3n) is 4.41. The lowest BCUT2D eigenvalue weighted by atomic mass is 10.1. The highest BCUT2D eigenvalue weighted by Crippen LogP contribution is 2.40. The molecule has 0 amide bonds. The summed E-state index contributed by atoms with van der Waals surface area (Å²) in [7, 11) is -3.65. The largest absolute Gasteiger partial charge is 0.546 e. The van der Waals surface area contributed by atoms with E-state index in [2.05, 4.69) is 9.62 Å². The molecule has 0 aliphatic heterocycles. The van der Waals surface area contributed by atoms with E-state index in [0.717, 1.165) is 18.0 Å². The number of ether oxygens (including phenoxy) is 1. The highest BCUT2D eigenvalue weighted by Gasteiger charge is 2.24. The van der Waals surface area contributed by atoms with Gasteiger partial charge in [-0.15, -0.1) is 9.83 Å². The van der Waals surface area contributed by atoms with Crippen LogP contribution in [0.5, 0.6) is 11.5 Å². The summed E-state index contributed by atoms with van der Waals surface area (Å²) in [6, 6.07) is 5.40. The van der Waals surface area contributed by atoms with E-state index < -0.39 is 30.3 Å². The van der Waals surface area contributed by atoms with Crippen molar-refractivity contribution in [2.45, 2.75) is 19.8 Å². The first-order chi connectivity index (χ1) is 16.4. The molecule has 2 heterocycles. The Morgan fingerprint density at radius 2 is 1.83 bits per heavy atom. The molecule has 3 rings (SSSR count). The lowest BCUT2D eigenvalue weighted by Gasteiger charge is -2.17. The minimum absolute atomic E-state index is 0.0163. The van der Waals surface area contributed by atoms with Gasteiger partial charge < -0.3 is 9.36 Å². The van der Waals surface area contributed by atoms with E-state index >= 15 is 0 Å². The highest BCUT2D eigenvalue weighted by molar-refractivity contribution is 7.47. The van der Waals surface area contributed by atoms with Crippen LogP contribution in [0.1, 0.15) is 31.0 Å². The molecule has 0 aliphatic carbocycles. The van der Waals surface area contributed by atoms with Crippen molar-refractivity contribution in [3.8, 4) is 23.3 Å². The third-order valence-corrected chi connectivity index (χ3v) is 5.82. The van der Waals surface area contributed by atoms with Crippen molar-refractivity contribution in [3.63, 3.8) is 0 Å². The number of nitrogens with zero attached hydrogens (tertiary/aromatic N) is 4. The van der Waals surface area contributed by atoms with Crippen LogP contribution in [0.15, 0.2) is 38.8 Å². The van der Waals surface area contributed by atoms with Gasteiger partial charge >= 0.3 is 13.5 Å². The summed E-state index contributed by atoms with van der Waals surface area (Å²) in [6.45, 7) is 3.41. The monoisotopic (exact) mass is 543 g/mol. The van der Waals surface area contributed by atoms with Crippen LogP contribution in [0, 0.1) is 11.3 Å². The first-order valence-electron chi connectivity index (χ1n) is 9.53. The second kappa shape index (κ2) is 10.1. The molecular formula is C19H16Cl2N5O8P. The van der Waals surface area contributed by atoms with Crippen molar-refractivity contribution >= 4 is 31.0 Å². The topological polar surface area (TPSA) is 179 Å². The Kier molecular flexibility index (Phi) is 7.54. The van der Waals surface area contributed by atoms with Crippen molar-refractivity contribution < 1.29 is 23.3 Å². The number of aromatic nitrogens is 4. The molecule has 0 radical (unpaired) electrons. The quantitative estimate of drug-likeness (QED) is 0.420. The molecule has 0 saturated carbocycles. The molecule has 1 unspecified atom stereocenters. The molecule has 2 aromatic heterocycles. The minimum Gasteiger partial charge on any atom is -0.453 e. The number of halogens is 2. The second-order valence-corrected chi connectivity index (χ2v) is 9.40. The molecule has 0 aliphatic rings. The summed E-state index contributed by atoms with van der Waals surface area (Å²) >= 11 is 12.6. The number of nitrogens with one attached hydrogen (secondary N) is 1. The standard InChI is InChI=1S/C19H16Cl2N5O8P/c1-9(2)12-6-11(8-25(18(12)28)34-35(30,31)32-3)33-16-13(20)4-10(5-14(16)21)26-19(29)23-17(27)15(7-22)24-26/h4-6,8-9H,1-3H3,(H,30,31)(H,23,27,29). The molecule has 0 fully saturated rings. The predicted octanol–water partition coefficient (Wildman–Crippen LogP) is 2.35. The van der Waals surface area contributed by atoms with Crippen LogP contribution in [-0.2, 0) is 9.09 Å². The van der Waals surface area contributed by atoms with Crippen molar-refractivity contribution in [1.82, 2.24) is 19.5 Å². The predicted molar refractivity (Wildman–Crippen MR) is 123 cm³/mol. The van der Waals surface area contributed by atoms with E-state index in [1.54, 1.807) is 19.9 Å². The van der Waals surface area contributed by atoms with Crippen LogP contribution in [-0.4, -0.2) is 31.5 Å². The third kappa shape index (κ3) is 5.64. The molecule has 13 nitrogen and oxygen atoms in total. The van der Waals surface area contributed by atoms with Crippen LogP contribution in [0.3, 0.4) is 0 Å². The Morgan fingerprint density at radius 3 is 2.37 bits per heavy atom. The van der Waals surface area contributed by atoms with E-state index in [1.165, 1.54) is 18.2 Å². The van der Waals surface area contributed by atoms with Gasteiger partial charge in [-0.3, -0.25) is 24.0 Å². The van der Waals surface area contributed by atoms with Crippen LogP contribution in [0.4, 0.5) is 0 Å². The van der Waals surface area contributed by atoms with Gasteiger partial charge in [-0.2, -0.15) is 9.94 Å². The van der Waals surface area contributed by atoms with E-state index in [4.69, 9.17) is 37.8 Å². The molecule has 3 aromatic rings. The zero-order chi connectivity index (χ0) is 26.1. The number of hydrogen-bond acceptors (Lipinski definition) is 9. The number of aromatic amines is 1. The SMILES string of the molecule is COP(=O)(O)On1cc(Oc2c(Cl)cc(-n3nc(C#N)c(=O)[nH]c3=O)cc2Cl)cc(C(C)C)c1=O. The molecule has 2 N–H and O–H groups in total. The average molecular weight is 544 g/mol. The normalized spacial score (nSPS) is 12.7. The summed E-state index contributed by atoms with van der Waals surface area (Å²) in [5.74, 6) is -0.469. The molecule has 1 atom stereocenters. The van der Waals surface area contributed by atoms with Gasteiger partial charge in [0.05, 0.1) is 21.9 Å². The van der Waals surface area contributed by atoms with E-state index in [0.29, 0.717) is 4.73 Å². The first-order valence-corrected chi connectivity index (χ1v) is 11.8. The smallest absolute Gasteiger partial charge is 0.453 e. The Bertz CT molecular complexity index is 1550. The number of phosphoric ester groups is 1. The van der Waals surface area contributed by atoms with Gasteiger partial charge in [-0.05, 0) is 24.1 Å². The zero-order valence-electron chi connectivity index (χ0n) is 18.2. The molecule has 184 valence electrons. The van der Waals surface area contributed by atoms with Crippen molar-refractivity contribution in [3.05, 3.63) is 76.9 Å². The number of phosphoric acid groups is 1. The maximum Gasteiger partial charge on any atom is 0.546 e. The molecule has 0 saturated heterocycles. The fourth-order valence-electron chi connectivity index (χ4n) is 2.76. The zero-order valence-corrected chi connectivity index (χ0v) is 20.6. The Balaban J connectivity index is 2.09. The van der Waals surface area contributed by atoms with E-state index in [1.807, 2.05) is 4.98 Å². The summed E-state index contributed by atoms with van der Waals surface area (Å²) < 4.78 is 27.9. The number of H-pyrrole nitrogens is 1. The van der Waals surface area contributed by atoms with Crippen molar-refractivity contribution in [1.29, 1.82) is 5.26 Å². The van der Waals surface area contributed by atoms with Crippen LogP contribution >= 0.6 is 31.0 Å². The van der Waals surface area contributed by atoms with Gasteiger partial charge in [0.1, 0.15) is 11.8 Å². The lowest BCUT2D eigenvalue weighted by molar-refractivity contribution is 0.150. The average Bonchev–Trinajstić information content (AvgIpc) is 2.77. The van der Waals surface area contributed by atoms with E-state index in [9.17, 15) is 23.8 Å². The molecule has 0 spiro atoms. The van der Waals surface area contributed by atoms with Gasteiger partial charge in [0, 0.05) is 12.7 Å². The van der Waals surface area contributed by atoms with Gasteiger partial charge in [0.2, 0.25) is 5.69 Å². The van der Waals surface area contributed by atoms with Gasteiger partial charge in [0.25, 0.3) is 11.1 Å². The van der Waals surface area contributed by atoms with Crippen LogP contribution in [0.2, 0.25) is 10.0 Å². The van der Waals surface area contributed by atoms with Crippen molar-refractivity contribution in [2.24, 2.45) is 0 Å². The lowest BCUT2D eigenvalue weighted by Crippen LogP contribution is -2.33. The summed E-state index contributed by atoms with van der Waals surface area (Å²) in [5, 5.41) is 12.4. The molecule has 35 heavy (non-hydrogen) atoms. The van der Waals surface area contributed by atoms with Crippen molar-refractivity contribution in [2.75, 3.05) is 7.11 Å². The van der Waals surface area contributed by atoms with Crippen LogP contribution < -0.4 is 26.2 Å². The summed E-state index contributed by atoms with van der Waals surface area (Å²) in [6.07, 6.45) is 0.990. The highest BCUT2D eigenvalue weighted by atomic mass is 35.5. The minimum atomic E-state index is -4.58. The van der Waals surface area contributed by atoms with Gasteiger partial charge in [-0.25, -0.2) is 9.36 Å². The number of hydrogen-bond donors (Lipinski definition) is 2. The summed E-state index contributed by atoms with van der Waals surface area (Å²) in [5.41, 5.74) is -2.98. The Hall–Kier alpha value is -3.40. The second-order valence-electron chi connectivity index (χ2n) is 7.12. The van der Waals surface area contributed by atoms with Crippen LogP contribution in [0.25, 0.3) is 5.69 Å². The molecular weight excluding hydrogens is 528 g/mol. The summed E-state index contributed by atoms with van der Waals surface area (Å²) in [4.78, 5) is 47.9. The van der Waals surface area contributed by atoms with Gasteiger partial charge in [-0.1, -0.05) is 37.0 Å². The molecule has 16 heteroatoms. The van der Waals surface area contributed by atoms with E-state index in [-0.39, 0.29) is 38.7 Å². The number of nitriles is 1. The first kappa shape index (κ1) is 26.2. The number of rotatable bonds is 7. The fourth-order valence-corrected chi connectivity index (χ4v) is 3.72. The molecule has 1 aromatic carbocycles. The molecule has 0 bridgehead atoms. The maximum absolute atomic E-state index is 12.6. The Morgan fingerprint density at radius 1 is 1.20 bits per heavy atom. The maximum atomic E-state index is 12.6. The number of benzene rings is 1. The van der Waals surface area contributed by atoms with Gasteiger partial charge in [0.15, 0.2) is 5.75 Å². The fraction of sp³-hybridized carbons (Fsp3) is 0.211. The number of pyridine rings is 1.